The van der Waals surface area contributed by atoms with Crippen molar-refractivity contribution in [3.63, 3.8) is 0 Å². The summed E-state index contributed by atoms with van der Waals surface area (Å²) in [6.45, 7) is 2.91. The van der Waals surface area contributed by atoms with Gasteiger partial charge in [0.05, 0.1) is 0 Å². The smallest absolute Gasteiger partial charge is 0.259 e. The van der Waals surface area contributed by atoms with Gasteiger partial charge in [0, 0.05) is 38.4 Å². The molecule has 0 atom stereocenters. The molecule has 2 aromatic rings. The number of benzene rings is 2. The highest BCUT2D eigenvalue weighted by Crippen LogP contribution is 2.17. The fourth-order valence-electron chi connectivity index (χ4n) is 2.92. The summed E-state index contributed by atoms with van der Waals surface area (Å²) in [7, 11) is 0. The maximum Gasteiger partial charge on any atom is 0.259 e. The van der Waals surface area contributed by atoms with Crippen molar-refractivity contribution in [2.24, 2.45) is 0 Å². The first-order valence-corrected chi connectivity index (χ1v) is 7.84. The number of rotatable bonds is 3. The van der Waals surface area contributed by atoms with E-state index in [9.17, 15) is 13.6 Å². The van der Waals surface area contributed by atoms with Gasteiger partial charge in [0.1, 0.15) is 17.2 Å². The van der Waals surface area contributed by atoms with E-state index >= 15 is 0 Å². The Labute approximate surface area is 139 Å². The van der Waals surface area contributed by atoms with Crippen molar-refractivity contribution in [2.75, 3.05) is 31.9 Å². The summed E-state index contributed by atoms with van der Waals surface area (Å²) in [6.07, 6.45) is 0. The van der Waals surface area contributed by atoms with Gasteiger partial charge >= 0.3 is 0 Å². The molecule has 2 N–H and O–H groups in total. The van der Waals surface area contributed by atoms with Crippen LogP contribution in [0.25, 0.3) is 0 Å². The van der Waals surface area contributed by atoms with Crippen LogP contribution < -0.4 is 5.73 Å². The van der Waals surface area contributed by atoms with E-state index in [0.29, 0.717) is 26.2 Å². The molecule has 0 aliphatic carbocycles. The van der Waals surface area contributed by atoms with Gasteiger partial charge in [-0.3, -0.25) is 9.69 Å². The molecule has 0 bridgehead atoms. The molecule has 0 radical (unpaired) electrons. The second-order valence-electron chi connectivity index (χ2n) is 5.91. The van der Waals surface area contributed by atoms with Gasteiger partial charge in [-0.05, 0) is 29.8 Å². The van der Waals surface area contributed by atoms with Crippen LogP contribution in [0.15, 0.2) is 42.5 Å². The van der Waals surface area contributed by atoms with Crippen LogP contribution in [-0.4, -0.2) is 41.9 Å². The lowest BCUT2D eigenvalue weighted by atomic mass is 10.1. The number of hydrogen-bond donors (Lipinski definition) is 1. The fourth-order valence-corrected chi connectivity index (χ4v) is 2.92. The number of nitrogens with two attached hydrogens (primary N) is 1. The molecule has 1 saturated heterocycles. The van der Waals surface area contributed by atoms with Crippen molar-refractivity contribution in [3.05, 3.63) is 65.2 Å². The lowest BCUT2D eigenvalue weighted by Crippen LogP contribution is -2.48. The van der Waals surface area contributed by atoms with Crippen molar-refractivity contribution >= 4 is 11.6 Å². The van der Waals surface area contributed by atoms with Gasteiger partial charge in [0.25, 0.3) is 5.91 Å². The van der Waals surface area contributed by atoms with E-state index in [1.165, 1.54) is 11.0 Å². The van der Waals surface area contributed by atoms with Crippen LogP contribution in [0.5, 0.6) is 0 Å². The maximum atomic E-state index is 13.7. The van der Waals surface area contributed by atoms with Crippen molar-refractivity contribution < 1.29 is 13.6 Å². The Morgan fingerprint density at radius 2 is 1.62 bits per heavy atom. The van der Waals surface area contributed by atoms with Crippen LogP contribution in [0.4, 0.5) is 14.5 Å². The highest BCUT2D eigenvalue weighted by molar-refractivity contribution is 5.94. The number of hydrogen-bond acceptors (Lipinski definition) is 3. The largest absolute Gasteiger partial charge is 0.399 e. The number of anilines is 1. The molecule has 24 heavy (non-hydrogen) atoms. The van der Waals surface area contributed by atoms with E-state index in [1.54, 1.807) is 0 Å². The van der Waals surface area contributed by atoms with Crippen LogP contribution in [0, 0.1) is 11.6 Å². The normalized spacial score (nSPS) is 15.5. The topological polar surface area (TPSA) is 49.6 Å². The predicted octanol–water partition coefficient (Wildman–Crippen LogP) is 2.51. The Bertz CT molecular complexity index is 723. The van der Waals surface area contributed by atoms with Crippen LogP contribution in [0.2, 0.25) is 0 Å². The molecule has 126 valence electrons. The molecule has 3 rings (SSSR count). The monoisotopic (exact) mass is 331 g/mol. The van der Waals surface area contributed by atoms with Gasteiger partial charge < -0.3 is 10.6 Å². The molecule has 0 spiro atoms. The number of piperazine rings is 1. The molecule has 1 fully saturated rings. The Morgan fingerprint density at radius 1 is 1.00 bits per heavy atom. The molecule has 0 unspecified atom stereocenters. The molecule has 4 nitrogen and oxygen atoms in total. The van der Waals surface area contributed by atoms with E-state index < -0.39 is 23.1 Å². The van der Waals surface area contributed by atoms with E-state index in [-0.39, 0.29) is 0 Å². The van der Waals surface area contributed by atoms with Crippen LogP contribution in [-0.2, 0) is 6.54 Å². The number of amides is 1. The zero-order valence-corrected chi connectivity index (χ0v) is 13.2. The number of carbonyl (C=O) groups is 1. The van der Waals surface area contributed by atoms with Crippen LogP contribution in [0.3, 0.4) is 0 Å². The molecule has 0 saturated carbocycles. The molecule has 1 heterocycles. The van der Waals surface area contributed by atoms with E-state index in [1.807, 2.05) is 24.3 Å². The first-order valence-electron chi connectivity index (χ1n) is 7.84. The number of carbonyl (C=O) groups excluding carboxylic acids is 1. The SMILES string of the molecule is Nc1cccc(CN2CCN(C(=O)c3c(F)cccc3F)CC2)c1. The first kappa shape index (κ1) is 16.4. The third-order valence-corrected chi connectivity index (χ3v) is 4.19. The predicted molar refractivity (Wildman–Crippen MR) is 88.4 cm³/mol. The molecule has 6 heteroatoms. The van der Waals surface area contributed by atoms with E-state index in [4.69, 9.17) is 5.73 Å². The lowest BCUT2D eigenvalue weighted by Gasteiger charge is -2.34. The van der Waals surface area contributed by atoms with Crippen LogP contribution in [0.1, 0.15) is 15.9 Å². The minimum Gasteiger partial charge on any atom is -0.399 e. The second kappa shape index (κ2) is 6.97. The van der Waals surface area contributed by atoms with Gasteiger partial charge in [0.2, 0.25) is 0 Å². The summed E-state index contributed by atoms with van der Waals surface area (Å²) < 4.78 is 27.5. The lowest BCUT2D eigenvalue weighted by molar-refractivity contribution is 0.0619. The van der Waals surface area contributed by atoms with Gasteiger partial charge in [0.15, 0.2) is 0 Å². The number of halogens is 2. The zero-order valence-electron chi connectivity index (χ0n) is 13.2. The molecule has 1 amide bonds. The summed E-state index contributed by atoms with van der Waals surface area (Å²) in [5.41, 5.74) is 7.13. The molecule has 2 aromatic carbocycles. The summed E-state index contributed by atoms with van der Waals surface area (Å²) in [4.78, 5) is 16.1. The molecule has 1 aliphatic heterocycles. The molecular weight excluding hydrogens is 312 g/mol. The van der Waals surface area contributed by atoms with Gasteiger partial charge in [-0.15, -0.1) is 0 Å². The molecular formula is C18H19F2N3O. The third kappa shape index (κ3) is 3.54. The van der Waals surface area contributed by atoms with E-state index in [2.05, 4.69) is 4.90 Å². The maximum absolute atomic E-state index is 13.7. The van der Waals surface area contributed by atoms with Gasteiger partial charge in [-0.25, -0.2) is 8.78 Å². The van der Waals surface area contributed by atoms with Crippen LogP contribution >= 0.6 is 0 Å². The summed E-state index contributed by atoms with van der Waals surface area (Å²) in [6, 6.07) is 11.1. The Kier molecular flexibility index (Phi) is 4.76. The van der Waals surface area contributed by atoms with E-state index in [0.717, 1.165) is 29.9 Å². The van der Waals surface area contributed by atoms with Gasteiger partial charge in [-0.2, -0.15) is 0 Å². The Balaban J connectivity index is 1.62. The van der Waals surface area contributed by atoms with Crippen molar-refractivity contribution in [2.45, 2.75) is 6.54 Å². The number of nitrogen functional groups attached to an aromatic ring is 1. The summed E-state index contributed by atoms with van der Waals surface area (Å²) >= 11 is 0. The van der Waals surface area contributed by atoms with Crippen molar-refractivity contribution in [3.8, 4) is 0 Å². The Hall–Kier alpha value is -2.47. The minimum absolute atomic E-state index is 0.439. The fraction of sp³-hybridized carbons (Fsp3) is 0.278. The minimum atomic E-state index is -0.817. The average molecular weight is 331 g/mol. The van der Waals surface area contributed by atoms with Crippen molar-refractivity contribution in [1.82, 2.24) is 9.80 Å². The highest BCUT2D eigenvalue weighted by Gasteiger charge is 2.26. The standard InChI is InChI=1S/C18H19F2N3O/c19-15-5-2-6-16(20)17(15)18(24)23-9-7-22(8-10-23)12-13-3-1-4-14(21)11-13/h1-6,11H,7-10,12,21H2. The second-order valence-corrected chi connectivity index (χ2v) is 5.91. The highest BCUT2D eigenvalue weighted by atomic mass is 19.1. The third-order valence-electron chi connectivity index (χ3n) is 4.19. The summed E-state index contributed by atoms with van der Waals surface area (Å²) in [5.74, 6) is -2.22. The first-order chi connectivity index (χ1) is 11.5. The Morgan fingerprint density at radius 3 is 2.25 bits per heavy atom. The van der Waals surface area contributed by atoms with Gasteiger partial charge in [-0.1, -0.05) is 18.2 Å². The summed E-state index contributed by atoms with van der Waals surface area (Å²) in [5, 5.41) is 0. The molecule has 0 aromatic heterocycles. The molecule has 1 aliphatic rings. The number of nitrogens with zero attached hydrogens (tertiary/aromatic N) is 2. The average Bonchev–Trinajstić information content (AvgIpc) is 2.55. The quantitative estimate of drug-likeness (QED) is 0.879. The van der Waals surface area contributed by atoms with Crippen molar-refractivity contribution in [1.29, 1.82) is 0 Å². The zero-order chi connectivity index (χ0) is 17.1.